The molecule has 1 heteroatoms. The average Bonchev–Trinajstić information content (AvgIpc) is 2.82. The van der Waals surface area contributed by atoms with Gasteiger partial charge in [0.25, 0.3) is 0 Å². The van der Waals surface area contributed by atoms with E-state index < -0.39 is 0 Å². The first-order valence-electron chi connectivity index (χ1n) is 8.48. The Morgan fingerprint density at radius 3 is 2.86 bits per heavy atom. The van der Waals surface area contributed by atoms with Crippen molar-refractivity contribution < 1.29 is 4.74 Å². The molecule has 0 heterocycles. The number of methoxy groups -OCH3 is 1. The molecule has 0 aromatic heterocycles. The molecule has 2 fully saturated rings. The molecule has 2 saturated carbocycles. The molecule has 1 nitrogen and oxygen atoms in total. The zero-order chi connectivity index (χ0) is 14.6. The summed E-state index contributed by atoms with van der Waals surface area (Å²) in [6, 6.07) is 6.77. The second-order valence-electron chi connectivity index (χ2n) is 7.58. The van der Waals surface area contributed by atoms with Gasteiger partial charge >= 0.3 is 0 Å². The predicted octanol–water partition coefficient (Wildman–Crippen LogP) is 5.11. The molecular weight excluding hydrogens is 256 g/mol. The van der Waals surface area contributed by atoms with E-state index in [2.05, 4.69) is 31.7 Å². The van der Waals surface area contributed by atoms with Gasteiger partial charge in [0.15, 0.2) is 0 Å². The summed E-state index contributed by atoms with van der Waals surface area (Å²) in [4.78, 5) is 0. The van der Waals surface area contributed by atoms with Crippen LogP contribution in [-0.2, 0) is 6.42 Å². The van der Waals surface area contributed by atoms with Crippen molar-refractivity contribution in [2.45, 2.75) is 51.4 Å². The highest BCUT2D eigenvalue weighted by atomic mass is 16.5. The van der Waals surface area contributed by atoms with Crippen LogP contribution < -0.4 is 4.74 Å². The van der Waals surface area contributed by atoms with Crippen LogP contribution in [0.4, 0.5) is 0 Å². The summed E-state index contributed by atoms with van der Waals surface area (Å²) in [6.07, 6.45) is 7.91. The van der Waals surface area contributed by atoms with E-state index >= 15 is 0 Å². The number of ether oxygens (including phenoxy) is 1. The summed E-state index contributed by atoms with van der Waals surface area (Å²) in [6.45, 7) is 6.89. The lowest BCUT2D eigenvalue weighted by Gasteiger charge is -2.49. The Kier molecular flexibility index (Phi) is 2.96. The van der Waals surface area contributed by atoms with Crippen molar-refractivity contribution in [3.05, 3.63) is 41.5 Å². The Balaban J connectivity index is 1.70. The Bertz CT molecular complexity index is 588. The lowest BCUT2D eigenvalue weighted by Crippen LogP contribution is -2.40. The number of allylic oxidation sites excluding steroid dienone is 1. The summed E-state index contributed by atoms with van der Waals surface area (Å²) >= 11 is 0. The Labute approximate surface area is 128 Å². The maximum absolute atomic E-state index is 5.40. The van der Waals surface area contributed by atoms with Crippen LogP contribution in [0, 0.1) is 17.3 Å². The molecule has 0 radical (unpaired) electrons. The van der Waals surface area contributed by atoms with E-state index in [1.165, 1.54) is 49.7 Å². The zero-order valence-electron chi connectivity index (χ0n) is 13.3. The lowest BCUT2D eigenvalue weighted by atomic mass is 9.55. The molecule has 0 N–H and O–H groups in total. The van der Waals surface area contributed by atoms with Crippen LogP contribution in [0.2, 0.25) is 0 Å². The molecule has 0 bridgehead atoms. The second kappa shape index (κ2) is 4.63. The molecule has 0 aliphatic heterocycles. The highest BCUT2D eigenvalue weighted by Crippen LogP contribution is 2.62. The maximum atomic E-state index is 5.40. The zero-order valence-corrected chi connectivity index (χ0v) is 13.3. The normalized spacial score (nSPS) is 37.6. The molecule has 0 unspecified atom stereocenters. The smallest absolute Gasteiger partial charge is 0.119 e. The van der Waals surface area contributed by atoms with Crippen LogP contribution in [0.1, 0.15) is 56.1 Å². The van der Waals surface area contributed by atoms with Crippen molar-refractivity contribution >= 4 is 0 Å². The molecule has 0 spiro atoms. The van der Waals surface area contributed by atoms with Crippen LogP contribution in [0.3, 0.4) is 0 Å². The Morgan fingerprint density at radius 1 is 1.19 bits per heavy atom. The number of benzene rings is 1. The minimum absolute atomic E-state index is 0.436. The minimum Gasteiger partial charge on any atom is -0.497 e. The summed E-state index contributed by atoms with van der Waals surface area (Å²) in [5.41, 5.74) is 5.12. The van der Waals surface area contributed by atoms with Gasteiger partial charge in [-0.3, -0.25) is 0 Å². The standard InChI is InChI=1S/C20H26O/c1-13-4-9-19-18-7-5-14-12-15(21-3)6-8-16(14)17(18)10-11-20(13,19)2/h6,8,12,17-19H,1,4-5,7,9-11H2,2-3H3/t17-,18-,19+,20-/m1/s1. The third-order valence-corrected chi connectivity index (χ3v) is 6.89. The first-order valence-corrected chi connectivity index (χ1v) is 8.48. The number of fused-ring (bicyclic) bond motifs is 5. The Morgan fingerprint density at radius 2 is 2.05 bits per heavy atom. The number of aryl methyl sites for hydroxylation is 1. The van der Waals surface area contributed by atoms with E-state index in [-0.39, 0.29) is 0 Å². The van der Waals surface area contributed by atoms with E-state index in [1.807, 2.05) is 0 Å². The average molecular weight is 282 g/mol. The molecular formula is C20H26O. The lowest BCUT2D eigenvalue weighted by molar-refractivity contribution is 0.0816. The summed E-state index contributed by atoms with van der Waals surface area (Å²) in [7, 11) is 1.77. The first-order chi connectivity index (χ1) is 10.1. The Hall–Kier alpha value is -1.24. The SMILES string of the molecule is C=C1CC[C@H]2[C@@H]3CCc4cc(OC)ccc4[C@H]3CC[C@]12C. The molecule has 1 aromatic carbocycles. The fraction of sp³-hybridized carbons (Fsp3) is 0.600. The molecule has 4 atom stereocenters. The largest absolute Gasteiger partial charge is 0.497 e. The van der Waals surface area contributed by atoms with Crippen molar-refractivity contribution in [2.24, 2.45) is 17.3 Å². The van der Waals surface area contributed by atoms with Crippen molar-refractivity contribution in [3.63, 3.8) is 0 Å². The summed E-state index contributed by atoms with van der Waals surface area (Å²) in [5.74, 6) is 3.55. The van der Waals surface area contributed by atoms with E-state index in [9.17, 15) is 0 Å². The summed E-state index contributed by atoms with van der Waals surface area (Å²) in [5, 5.41) is 0. The fourth-order valence-corrected chi connectivity index (χ4v) is 5.59. The molecule has 4 rings (SSSR count). The van der Waals surface area contributed by atoms with Crippen molar-refractivity contribution in [3.8, 4) is 5.75 Å². The number of hydrogen-bond donors (Lipinski definition) is 0. The number of hydrogen-bond acceptors (Lipinski definition) is 1. The molecule has 3 aliphatic rings. The molecule has 112 valence electrons. The van der Waals surface area contributed by atoms with Crippen molar-refractivity contribution in [1.29, 1.82) is 0 Å². The van der Waals surface area contributed by atoms with Gasteiger partial charge < -0.3 is 4.74 Å². The minimum atomic E-state index is 0.436. The van der Waals surface area contributed by atoms with Crippen LogP contribution >= 0.6 is 0 Å². The molecule has 3 aliphatic carbocycles. The molecule has 1 aromatic rings. The highest BCUT2D eigenvalue weighted by Gasteiger charge is 2.51. The quantitative estimate of drug-likeness (QED) is 0.651. The van der Waals surface area contributed by atoms with Gasteiger partial charge in [-0.05, 0) is 85.0 Å². The first kappa shape index (κ1) is 13.4. The molecule has 0 saturated heterocycles. The van der Waals surface area contributed by atoms with E-state index in [0.29, 0.717) is 5.41 Å². The topological polar surface area (TPSA) is 9.23 Å². The third kappa shape index (κ3) is 1.82. The van der Waals surface area contributed by atoms with Crippen molar-refractivity contribution in [1.82, 2.24) is 0 Å². The van der Waals surface area contributed by atoms with Crippen LogP contribution in [0.5, 0.6) is 5.75 Å². The fourth-order valence-electron chi connectivity index (χ4n) is 5.59. The van der Waals surface area contributed by atoms with E-state index in [1.54, 1.807) is 12.7 Å². The number of rotatable bonds is 1. The van der Waals surface area contributed by atoms with Gasteiger partial charge in [0.2, 0.25) is 0 Å². The van der Waals surface area contributed by atoms with Crippen LogP contribution in [0.25, 0.3) is 0 Å². The van der Waals surface area contributed by atoms with Crippen molar-refractivity contribution in [2.75, 3.05) is 7.11 Å². The van der Waals surface area contributed by atoms with Gasteiger partial charge in [0.1, 0.15) is 5.75 Å². The van der Waals surface area contributed by atoms with Gasteiger partial charge in [-0.25, -0.2) is 0 Å². The van der Waals surface area contributed by atoms with Gasteiger partial charge in [0.05, 0.1) is 7.11 Å². The van der Waals surface area contributed by atoms with E-state index in [0.717, 1.165) is 23.5 Å². The monoisotopic (exact) mass is 282 g/mol. The highest BCUT2D eigenvalue weighted by molar-refractivity contribution is 5.41. The third-order valence-electron chi connectivity index (χ3n) is 6.89. The summed E-state index contributed by atoms with van der Waals surface area (Å²) < 4.78 is 5.40. The van der Waals surface area contributed by atoms with Gasteiger partial charge in [0, 0.05) is 0 Å². The van der Waals surface area contributed by atoms with Crippen LogP contribution in [0.15, 0.2) is 30.4 Å². The van der Waals surface area contributed by atoms with Gasteiger partial charge in [-0.2, -0.15) is 0 Å². The van der Waals surface area contributed by atoms with Crippen LogP contribution in [-0.4, -0.2) is 7.11 Å². The second-order valence-corrected chi connectivity index (χ2v) is 7.58. The predicted molar refractivity (Wildman–Crippen MR) is 86.8 cm³/mol. The van der Waals surface area contributed by atoms with Gasteiger partial charge in [-0.15, -0.1) is 0 Å². The molecule has 21 heavy (non-hydrogen) atoms. The van der Waals surface area contributed by atoms with Gasteiger partial charge in [-0.1, -0.05) is 25.1 Å². The molecule has 0 amide bonds. The maximum Gasteiger partial charge on any atom is 0.119 e. The van der Waals surface area contributed by atoms with E-state index in [4.69, 9.17) is 4.74 Å².